The first-order valence-electron chi connectivity index (χ1n) is 8.01. The van der Waals surface area contributed by atoms with E-state index in [-0.39, 0.29) is 0 Å². The van der Waals surface area contributed by atoms with Crippen LogP contribution in [0.15, 0.2) is 23.8 Å². The van der Waals surface area contributed by atoms with Crippen molar-refractivity contribution in [3.8, 4) is 0 Å². The third kappa shape index (κ3) is 11.0. The van der Waals surface area contributed by atoms with Gasteiger partial charge in [-0.25, -0.2) is 0 Å². The SMILES string of the molecule is CCCC(C)/C=C\C(=C/C(C)CC)CCCCOC. The van der Waals surface area contributed by atoms with Gasteiger partial charge in [0.2, 0.25) is 0 Å². The summed E-state index contributed by atoms with van der Waals surface area (Å²) < 4.78 is 5.12. The molecule has 0 aromatic carbocycles. The van der Waals surface area contributed by atoms with Gasteiger partial charge in [-0.15, -0.1) is 0 Å². The molecule has 19 heavy (non-hydrogen) atoms. The molecule has 0 saturated carbocycles. The molecule has 0 heterocycles. The predicted octanol–water partition coefficient (Wildman–Crippen LogP) is 5.77. The maximum atomic E-state index is 5.12. The maximum absolute atomic E-state index is 5.12. The van der Waals surface area contributed by atoms with Crippen molar-refractivity contribution in [3.05, 3.63) is 23.8 Å². The molecule has 0 bridgehead atoms. The summed E-state index contributed by atoms with van der Waals surface area (Å²) in [7, 11) is 1.78. The Bertz CT molecular complexity index is 252. The van der Waals surface area contributed by atoms with E-state index in [1.165, 1.54) is 37.7 Å². The van der Waals surface area contributed by atoms with Crippen LogP contribution in [-0.4, -0.2) is 13.7 Å². The van der Waals surface area contributed by atoms with E-state index in [0.29, 0.717) is 11.8 Å². The van der Waals surface area contributed by atoms with Gasteiger partial charge >= 0.3 is 0 Å². The number of hydrogen-bond acceptors (Lipinski definition) is 1. The molecule has 0 rings (SSSR count). The van der Waals surface area contributed by atoms with Crippen molar-refractivity contribution >= 4 is 0 Å². The average molecular weight is 266 g/mol. The summed E-state index contributed by atoms with van der Waals surface area (Å²) in [4.78, 5) is 0. The zero-order valence-electron chi connectivity index (χ0n) is 13.7. The molecule has 0 aliphatic carbocycles. The van der Waals surface area contributed by atoms with Gasteiger partial charge in [-0.3, -0.25) is 0 Å². The van der Waals surface area contributed by atoms with E-state index in [1.54, 1.807) is 7.11 Å². The normalized spacial score (nSPS) is 15.9. The fraction of sp³-hybridized carbons (Fsp3) is 0.778. The Labute approximate surface area is 121 Å². The standard InChI is InChI=1S/C18H34O/c1-6-10-17(4)12-13-18(15-16(3)7-2)11-8-9-14-19-5/h12-13,15-17H,6-11,14H2,1-5H3/b13-12-,18-15-. The molecule has 0 aromatic rings. The van der Waals surface area contributed by atoms with Gasteiger partial charge in [0.05, 0.1) is 0 Å². The molecule has 0 N–H and O–H groups in total. The van der Waals surface area contributed by atoms with Crippen LogP contribution in [0.25, 0.3) is 0 Å². The molecule has 0 aliphatic heterocycles. The van der Waals surface area contributed by atoms with Crippen molar-refractivity contribution < 1.29 is 4.74 Å². The Balaban J connectivity index is 4.37. The van der Waals surface area contributed by atoms with Crippen LogP contribution >= 0.6 is 0 Å². The van der Waals surface area contributed by atoms with E-state index in [9.17, 15) is 0 Å². The topological polar surface area (TPSA) is 9.23 Å². The molecule has 0 aromatic heterocycles. The second-order valence-electron chi connectivity index (χ2n) is 5.70. The number of allylic oxidation sites excluding steroid dienone is 4. The number of methoxy groups -OCH3 is 1. The predicted molar refractivity (Wildman–Crippen MR) is 86.5 cm³/mol. The molecular formula is C18H34O. The van der Waals surface area contributed by atoms with Crippen LogP contribution in [0.5, 0.6) is 0 Å². The molecule has 2 atom stereocenters. The van der Waals surface area contributed by atoms with E-state index >= 15 is 0 Å². The molecule has 1 heteroatoms. The van der Waals surface area contributed by atoms with Gasteiger partial charge in [-0.1, -0.05) is 64.3 Å². The highest BCUT2D eigenvalue weighted by atomic mass is 16.5. The van der Waals surface area contributed by atoms with Gasteiger partial charge < -0.3 is 4.74 Å². The minimum atomic E-state index is 0.684. The smallest absolute Gasteiger partial charge is 0.0462 e. The van der Waals surface area contributed by atoms with Crippen LogP contribution in [0.2, 0.25) is 0 Å². The number of hydrogen-bond donors (Lipinski definition) is 0. The highest BCUT2D eigenvalue weighted by Crippen LogP contribution is 2.16. The van der Waals surface area contributed by atoms with E-state index in [1.807, 2.05) is 0 Å². The summed E-state index contributed by atoms with van der Waals surface area (Å²) in [5, 5.41) is 0. The van der Waals surface area contributed by atoms with Gasteiger partial charge in [-0.05, 0) is 37.5 Å². The first-order chi connectivity index (χ1) is 9.13. The van der Waals surface area contributed by atoms with Crippen LogP contribution in [0.1, 0.15) is 66.2 Å². The first-order valence-corrected chi connectivity index (χ1v) is 8.01. The van der Waals surface area contributed by atoms with Crippen LogP contribution in [0, 0.1) is 11.8 Å². The minimum Gasteiger partial charge on any atom is -0.385 e. The Morgan fingerprint density at radius 2 is 1.84 bits per heavy atom. The summed E-state index contributed by atoms with van der Waals surface area (Å²) >= 11 is 0. The van der Waals surface area contributed by atoms with Crippen molar-refractivity contribution in [1.29, 1.82) is 0 Å². The molecule has 0 saturated heterocycles. The molecule has 1 nitrogen and oxygen atoms in total. The van der Waals surface area contributed by atoms with Crippen LogP contribution in [0.3, 0.4) is 0 Å². The second kappa shape index (κ2) is 12.5. The summed E-state index contributed by atoms with van der Waals surface area (Å²) in [6.07, 6.45) is 14.5. The van der Waals surface area contributed by atoms with Gasteiger partial charge in [0, 0.05) is 13.7 Å². The van der Waals surface area contributed by atoms with Crippen LogP contribution in [0.4, 0.5) is 0 Å². The molecule has 0 radical (unpaired) electrons. The molecule has 0 fully saturated rings. The van der Waals surface area contributed by atoms with Crippen LogP contribution in [-0.2, 0) is 4.74 Å². The average Bonchev–Trinajstić information content (AvgIpc) is 2.40. The fourth-order valence-electron chi connectivity index (χ4n) is 2.12. The third-order valence-corrected chi connectivity index (χ3v) is 3.59. The summed E-state index contributed by atoms with van der Waals surface area (Å²) in [6, 6.07) is 0. The van der Waals surface area contributed by atoms with E-state index in [2.05, 4.69) is 45.9 Å². The fourth-order valence-corrected chi connectivity index (χ4v) is 2.12. The second-order valence-corrected chi connectivity index (χ2v) is 5.70. The summed E-state index contributed by atoms with van der Waals surface area (Å²) in [5.41, 5.74) is 1.51. The van der Waals surface area contributed by atoms with Crippen molar-refractivity contribution in [2.45, 2.75) is 66.2 Å². The molecule has 112 valence electrons. The van der Waals surface area contributed by atoms with E-state index in [0.717, 1.165) is 13.0 Å². The molecule has 0 amide bonds. The lowest BCUT2D eigenvalue weighted by Crippen LogP contribution is -1.94. The lowest BCUT2D eigenvalue weighted by atomic mass is 9.98. The van der Waals surface area contributed by atoms with Gasteiger partial charge in [-0.2, -0.15) is 0 Å². The Morgan fingerprint density at radius 1 is 1.11 bits per heavy atom. The van der Waals surface area contributed by atoms with Crippen molar-refractivity contribution in [2.24, 2.45) is 11.8 Å². The lowest BCUT2D eigenvalue weighted by molar-refractivity contribution is 0.193. The van der Waals surface area contributed by atoms with Gasteiger partial charge in [0.1, 0.15) is 0 Å². The third-order valence-electron chi connectivity index (χ3n) is 3.59. The zero-order valence-corrected chi connectivity index (χ0v) is 13.7. The molecule has 2 unspecified atom stereocenters. The van der Waals surface area contributed by atoms with Crippen molar-refractivity contribution in [1.82, 2.24) is 0 Å². The molecule has 0 aliphatic rings. The van der Waals surface area contributed by atoms with E-state index < -0.39 is 0 Å². The molecule has 0 spiro atoms. The highest BCUT2D eigenvalue weighted by Gasteiger charge is 2.00. The largest absolute Gasteiger partial charge is 0.385 e. The number of rotatable bonds is 11. The Kier molecular flexibility index (Phi) is 12.1. The first kappa shape index (κ1) is 18.4. The monoisotopic (exact) mass is 266 g/mol. The van der Waals surface area contributed by atoms with Crippen LogP contribution < -0.4 is 0 Å². The minimum absolute atomic E-state index is 0.684. The van der Waals surface area contributed by atoms with Gasteiger partial charge in [0.25, 0.3) is 0 Å². The summed E-state index contributed by atoms with van der Waals surface area (Å²) in [6.45, 7) is 10.0. The van der Waals surface area contributed by atoms with Gasteiger partial charge in [0.15, 0.2) is 0 Å². The highest BCUT2D eigenvalue weighted by molar-refractivity contribution is 5.20. The Hall–Kier alpha value is -0.560. The van der Waals surface area contributed by atoms with Crippen molar-refractivity contribution in [2.75, 3.05) is 13.7 Å². The quantitative estimate of drug-likeness (QED) is 0.341. The summed E-state index contributed by atoms with van der Waals surface area (Å²) in [5.74, 6) is 1.38. The zero-order chi connectivity index (χ0) is 14.5. The van der Waals surface area contributed by atoms with E-state index in [4.69, 9.17) is 4.74 Å². The Morgan fingerprint density at radius 3 is 2.42 bits per heavy atom. The van der Waals surface area contributed by atoms with Crippen molar-refractivity contribution in [3.63, 3.8) is 0 Å². The lowest BCUT2D eigenvalue weighted by Gasteiger charge is -2.09. The number of unbranched alkanes of at least 4 members (excludes halogenated alkanes) is 1. The molecular weight excluding hydrogens is 232 g/mol. The number of ether oxygens (including phenoxy) is 1. The maximum Gasteiger partial charge on any atom is 0.0462 e.